The van der Waals surface area contributed by atoms with Crippen molar-refractivity contribution in [3.8, 4) is 5.69 Å². The average Bonchev–Trinajstić information content (AvgIpc) is 3.30. The van der Waals surface area contributed by atoms with Gasteiger partial charge in [-0.25, -0.2) is 4.68 Å². The number of thioether (sulfide) groups is 1. The first kappa shape index (κ1) is 21.6. The number of rotatable bonds is 8. The predicted molar refractivity (Wildman–Crippen MR) is 116 cm³/mol. The van der Waals surface area contributed by atoms with Gasteiger partial charge >= 0.3 is 0 Å². The number of aromatic nitrogens is 5. The van der Waals surface area contributed by atoms with Gasteiger partial charge in [-0.05, 0) is 50.4 Å². The van der Waals surface area contributed by atoms with Crippen LogP contribution in [-0.2, 0) is 19.3 Å². The SMILES string of the molecule is CCNC(=O)c1ccc(-n2nnc(C(=O)NCc3cc(C)n(C)n3)c2CSC)cc1. The Balaban J connectivity index is 1.80. The van der Waals surface area contributed by atoms with Gasteiger partial charge in [-0.1, -0.05) is 5.21 Å². The summed E-state index contributed by atoms with van der Waals surface area (Å²) in [4.78, 5) is 24.7. The van der Waals surface area contributed by atoms with Gasteiger partial charge in [0.25, 0.3) is 11.8 Å². The summed E-state index contributed by atoms with van der Waals surface area (Å²) in [7, 11) is 1.86. The van der Waals surface area contributed by atoms with Crippen molar-refractivity contribution >= 4 is 23.6 Å². The molecule has 0 bridgehead atoms. The Morgan fingerprint density at radius 2 is 1.87 bits per heavy atom. The summed E-state index contributed by atoms with van der Waals surface area (Å²) in [6.07, 6.45) is 1.95. The number of hydrogen-bond donors (Lipinski definition) is 2. The minimum atomic E-state index is -0.299. The van der Waals surface area contributed by atoms with Gasteiger partial charge in [-0.3, -0.25) is 14.3 Å². The fourth-order valence-corrected chi connectivity index (χ4v) is 3.48. The Bertz CT molecular complexity index is 1020. The molecule has 0 unspecified atom stereocenters. The third-order valence-corrected chi connectivity index (χ3v) is 5.13. The highest BCUT2D eigenvalue weighted by Gasteiger charge is 2.20. The number of amides is 2. The second-order valence-corrected chi connectivity index (χ2v) is 7.59. The zero-order valence-corrected chi connectivity index (χ0v) is 18.3. The Kier molecular flexibility index (Phi) is 6.88. The molecule has 9 nitrogen and oxygen atoms in total. The fraction of sp³-hybridized carbons (Fsp3) is 0.350. The third-order valence-electron chi connectivity index (χ3n) is 4.57. The molecule has 30 heavy (non-hydrogen) atoms. The molecule has 0 aliphatic heterocycles. The zero-order chi connectivity index (χ0) is 21.7. The lowest BCUT2D eigenvalue weighted by atomic mass is 10.2. The smallest absolute Gasteiger partial charge is 0.274 e. The van der Waals surface area contributed by atoms with E-state index in [1.807, 2.05) is 33.2 Å². The maximum atomic E-state index is 12.7. The molecule has 0 radical (unpaired) electrons. The summed E-state index contributed by atoms with van der Waals surface area (Å²) in [6, 6.07) is 8.97. The first-order valence-electron chi connectivity index (χ1n) is 9.54. The van der Waals surface area contributed by atoms with Crippen LogP contribution in [0, 0.1) is 6.92 Å². The molecule has 2 aromatic heterocycles. The number of hydrogen-bond acceptors (Lipinski definition) is 6. The molecule has 2 N–H and O–H groups in total. The van der Waals surface area contributed by atoms with Crippen LogP contribution < -0.4 is 10.6 Å². The van der Waals surface area contributed by atoms with E-state index in [0.29, 0.717) is 30.1 Å². The topological polar surface area (TPSA) is 107 Å². The lowest BCUT2D eigenvalue weighted by Gasteiger charge is -2.08. The van der Waals surface area contributed by atoms with E-state index in [2.05, 4.69) is 26.0 Å². The molecule has 0 saturated heterocycles. The van der Waals surface area contributed by atoms with E-state index in [1.165, 1.54) is 0 Å². The Hall–Kier alpha value is -3.14. The number of nitrogens with zero attached hydrogens (tertiary/aromatic N) is 5. The van der Waals surface area contributed by atoms with Gasteiger partial charge < -0.3 is 10.6 Å². The standard InChI is InChI=1S/C20H25N7O2S/c1-5-21-19(28)14-6-8-16(9-7-14)27-17(12-30-4)18(23-25-27)20(29)22-11-15-10-13(2)26(3)24-15/h6-10H,5,11-12H2,1-4H3,(H,21,28)(H,22,29). The van der Waals surface area contributed by atoms with Crippen LogP contribution in [0.2, 0.25) is 0 Å². The fourth-order valence-electron chi connectivity index (χ4n) is 2.94. The van der Waals surface area contributed by atoms with Crippen LogP contribution in [0.1, 0.15) is 44.9 Å². The van der Waals surface area contributed by atoms with Crippen LogP contribution in [0.15, 0.2) is 30.3 Å². The molecule has 0 aliphatic rings. The van der Waals surface area contributed by atoms with Gasteiger partial charge in [0.15, 0.2) is 5.69 Å². The summed E-state index contributed by atoms with van der Waals surface area (Å²) in [5.74, 6) is 0.139. The van der Waals surface area contributed by atoms with Crippen molar-refractivity contribution in [2.75, 3.05) is 12.8 Å². The maximum Gasteiger partial charge on any atom is 0.274 e. The Morgan fingerprint density at radius 1 is 1.13 bits per heavy atom. The molecule has 3 aromatic rings. The summed E-state index contributed by atoms with van der Waals surface area (Å²) >= 11 is 1.57. The van der Waals surface area contributed by atoms with Gasteiger partial charge in [0, 0.05) is 30.6 Å². The summed E-state index contributed by atoms with van der Waals surface area (Å²) < 4.78 is 3.40. The van der Waals surface area contributed by atoms with Crippen molar-refractivity contribution in [1.82, 2.24) is 35.4 Å². The Morgan fingerprint density at radius 3 is 2.47 bits per heavy atom. The molecule has 158 valence electrons. The van der Waals surface area contributed by atoms with Gasteiger partial charge in [-0.2, -0.15) is 16.9 Å². The number of benzene rings is 1. The van der Waals surface area contributed by atoms with Crippen molar-refractivity contribution in [3.63, 3.8) is 0 Å². The Labute approximate surface area is 179 Å². The van der Waals surface area contributed by atoms with Crippen LogP contribution in [0.25, 0.3) is 5.69 Å². The number of nitrogens with one attached hydrogen (secondary N) is 2. The molecule has 0 aliphatic carbocycles. The highest BCUT2D eigenvalue weighted by Crippen LogP contribution is 2.18. The quantitative estimate of drug-likeness (QED) is 0.568. The van der Waals surface area contributed by atoms with Crippen LogP contribution in [0.4, 0.5) is 0 Å². The number of carbonyl (C=O) groups excluding carboxylic acids is 2. The molecular weight excluding hydrogens is 402 g/mol. The van der Waals surface area contributed by atoms with E-state index in [-0.39, 0.29) is 17.5 Å². The van der Waals surface area contributed by atoms with E-state index in [4.69, 9.17) is 0 Å². The molecule has 0 fully saturated rings. The van der Waals surface area contributed by atoms with Crippen molar-refractivity contribution in [2.45, 2.75) is 26.1 Å². The third kappa shape index (κ3) is 4.70. The first-order valence-corrected chi connectivity index (χ1v) is 10.9. The van der Waals surface area contributed by atoms with Gasteiger partial charge in [0.05, 0.1) is 23.6 Å². The number of aryl methyl sites for hydroxylation is 2. The molecule has 2 amide bonds. The summed E-state index contributed by atoms with van der Waals surface area (Å²) in [5, 5.41) is 18.3. The van der Waals surface area contributed by atoms with E-state index in [0.717, 1.165) is 17.1 Å². The van der Waals surface area contributed by atoms with Crippen molar-refractivity contribution < 1.29 is 9.59 Å². The van der Waals surface area contributed by atoms with E-state index < -0.39 is 0 Å². The lowest BCUT2D eigenvalue weighted by Crippen LogP contribution is -2.25. The molecule has 3 rings (SSSR count). The minimum Gasteiger partial charge on any atom is -0.352 e. The van der Waals surface area contributed by atoms with Gasteiger partial charge in [-0.15, -0.1) is 5.10 Å². The van der Waals surface area contributed by atoms with E-state index >= 15 is 0 Å². The van der Waals surface area contributed by atoms with Crippen molar-refractivity contribution in [3.05, 3.63) is 58.7 Å². The highest BCUT2D eigenvalue weighted by atomic mass is 32.2. The molecule has 2 heterocycles. The van der Waals surface area contributed by atoms with Crippen LogP contribution in [0.3, 0.4) is 0 Å². The van der Waals surface area contributed by atoms with E-state index in [9.17, 15) is 9.59 Å². The first-order chi connectivity index (χ1) is 14.4. The normalized spacial score (nSPS) is 10.8. The van der Waals surface area contributed by atoms with Crippen LogP contribution in [-0.4, -0.2) is 49.4 Å². The zero-order valence-electron chi connectivity index (χ0n) is 17.5. The highest BCUT2D eigenvalue weighted by molar-refractivity contribution is 7.97. The van der Waals surface area contributed by atoms with Gasteiger partial charge in [0.1, 0.15) is 0 Å². The van der Waals surface area contributed by atoms with Crippen LogP contribution >= 0.6 is 11.8 Å². The number of carbonyl (C=O) groups is 2. The van der Waals surface area contributed by atoms with Crippen LogP contribution in [0.5, 0.6) is 0 Å². The molecule has 10 heteroatoms. The summed E-state index contributed by atoms with van der Waals surface area (Å²) in [6.45, 7) is 4.71. The summed E-state index contributed by atoms with van der Waals surface area (Å²) in [5.41, 5.74) is 4.08. The predicted octanol–water partition coefficient (Wildman–Crippen LogP) is 1.85. The molecule has 0 spiro atoms. The lowest BCUT2D eigenvalue weighted by molar-refractivity contribution is 0.0940. The largest absolute Gasteiger partial charge is 0.352 e. The molecule has 0 atom stereocenters. The minimum absolute atomic E-state index is 0.128. The second kappa shape index (κ2) is 9.57. The molecular formula is C20H25N7O2S. The van der Waals surface area contributed by atoms with Crippen molar-refractivity contribution in [1.29, 1.82) is 0 Å². The van der Waals surface area contributed by atoms with Crippen molar-refractivity contribution in [2.24, 2.45) is 7.05 Å². The molecule has 1 aromatic carbocycles. The van der Waals surface area contributed by atoms with Gasteiger partial charge in [0.2, 0.25) is 0 Å². The monoisotopic (exact) mass is 427 g/mol. The maximum absolute atomic E-state index is 12.7. The van der Waals surface area contributed by atoms with E-state index in [1.54, 1.807) is 45.4 Å². The molecule has 0 saturated carbocycles. The second-order valence-electron chi connectivity index (χ2n) is 6.72. The average molecular weight is 428 g/mol.